The summed E-state index contributed by atoms with van der Waals surface area (Å²) in [4.78, 5) is 14.4. The Balaban J connectivity index is 2.23. The second kappa shape index (κ2) is 6.15. The largest absolute Gasteiger partial charge is 0.339 e. The highest BCUT2D eigenvalue weighted by Crippen LogP contribution is 2.23. The highest BCUT2D eigenvalue weighted by Gasteiger charge is 2.24. The van der Waals surface area contributed by atoms with Crippen LogP contribution in [0.25, 0.3) is 0 Å². The molecular formula is C15H22N2O3S. The van der Waals surface area contributed by atoms with Crippen molar-refractivity contribution in [3.05, 3.63) is 29.3 Å². The average Bonchev–Trinajstić information content (AvgIpc) is 2.46. The third-order valence-corrected chi connectivity index (χ3v) is 5.16. The lowest BCUT2D eigenvalue weighted by molar-refractivity contribution is 0.0688. The molecule has 0 aromatic heterocycles. The quantitative estimate of drug-likeness (QED) is 0.926. The number of hydrogen-bond donors (Lipinski definition) is 1. The molecule has 5 nitrogen and oxygen atoms in total. The first-order valence-electron chi connectivity index (χ1n) is 7.25. The number of aryl methyl sites for hydroxylation is 1. The van der Waals surface area contributed by atoms with Crippen molar-refractivity contribution >= 4 is 15.9 Å². The van der Waals surface area contributed by atoms with E-state index in [-0.39, 0.29) is 10.8 Å². The number of benzene rings is 1. The molecule has 1 aromatic rings. The fraction of sp³-hybridized carbons (Fsp3) is 0.533. The molecule has 2 N–H and O–H groups in total. The number of amides is 1. The molecule has 1 aromatic carbocycles. The van der Waals surface area contributed by atoms with Crippen LogP contribution in [0.2, 0.25) is 0 Å². The van der Waals surface area contributed by atoms with E-state index in [4.69, 9.17) is 5.14 Å². The summed E-state index contributed by atoms with van der Waals surface area (Å²) in [5, 5.41) is 5.14. The van der Waals surface area contributed by atoms with Crippen molar-refractivity contribution in [2.45, 2.75) is 38.0 Å². The second-order valence-corrected chi connectivity index (χ2v) is 7.23. The Morgan fingerprint density at radius 2 is 1.95 bits per heavy atom. The van der Waals surface area contributed by atoms with Gasteiger partial charge in [-0.25, -0.2) is 13.6 Å². The van der Waals surface area contributed by atoms with Gasteiger partial charge in [0.25, 0.3) is 5.91 Å². The van der Waals surface area contributed by atoms with Crippen molar-refractivity contribution in [2.24, 2.45) is 11.1 Å². The van der Waals surface area contributed by atoms with E-state index in [1.54, 1.807) is 17.9 Å². The van der Waals surface area contributed by atoms with Crippen LogP contribution in [-0.2, 0) is 10.0 Å². The van der Waals surface area contributed by atoms with Crippen LogP contribution in [0.15, 0.2) is 23.1 Å². The van der Waals surface area contributed by atoms with Crippen LogP contribution in [-0.4, -0.2) is 32.3 Å². The standard InChI is InChI=1S/C15H22N2O3S/c1-3-12-6-8-17(9-7-12)15(18)14-10-13(21(16,19)20)5-4-11(14)2/h4-5,10,12H,3,6-9H2,1-2H3,(H2,16,19,20). The molecule has 6 heteroatoms. The molecule has 2 rings (SSSR count). The van der Waals surface area contributed by atoms with Gasteiger partial charge < -0.3 is 4.90 Å². The van der Waals surface area contributed by atoms with Gasteiger partial charge in [0.1, 0.15) is 0 Å². The normalized spacial score (nSPS) is 17.0. The summed E-state index contributed by atoms with van der Waals surface area (Å²) in [6, 6.07) is 4.45. The maximum Gasteiger partial charge on any atom is 0.254 e. The lowest BCUT2D eigenvalue weighted by Crippen LogP contribution is -2.38. The monoisotopic (exact) mass is 310 g/mol. The first-order chi connectivity index (χ1) is 9.82. The average molecular weight is 310 g/mol. The van der Waals surface area contributed by atoms with E-state index in [0.29, 0.717) is 11.5 Å². The summed E-state index contributed by atoms with van der Waals surface area (Å²) in [6.45, 7) is 5.44. The van der Waals surface area contributed by atoms with Crippen LogP contribution in [0.4, 0.5) is 0 Å². The van der Waals surface area contributed by atoms with E-state index in [2.05, 4.69) is 6.92 Å². The van der Waals surface area contributed by atoms with Crippen LogP contribution in [0.1, 0.15) is 42.1 Å². The van der Waals surface area contributed by atoms with Crippen LogP contribution >= 0.6 is 0 Å². The number of nitrogens with zero attached hydrogens (tertiary/aromatic N) is 1. The summed E-state index contributed by atoms with van der Waals surface area (Å²) in [7, 11) is -3.79. The molecule has 0 aliphatic carbocycles. The van der Waals surface area contributed by atoms with Crippen molar-refractivity contribution in [3.8, 4) is 0 Å². The topological polar surface area (TPSA) is 80.5 Å². The highest BCUT2D eigenvalue weighted by molar-refractivity contribution is 7.89. The predicted molar refractivity (Wildman–Crippen MR) is 81.5 cm³/mol. The van der Waals surface area contributed by atoms with Crippen LogP contribution in [0.5, 0.6) is 0 Å². The van der Waals surface area contributed by atoms with Crippen molar-refractivity contribution in [1.29, 1.82) is 0 Å². The fourth-order valence-electron chi connectivity index (χ4n) is 2.72. The van der Waals surface area contributed by atoms with Gasteiger partial charge in [0, 0.05) is 18.7 Å². The zero-order valence-electron chi connectivity index (χ0n) is 12.5. The third kappa shape index (κ3) is 3.63. The zero-order valence-corrected chi connectivity index (χ0v) is 13.3. The number of carbonyl (C=O) groups is 1. The molecule has 1 aliphatic heterocycles. The Bertz CT molecular complexity index is 632. The van der Waals surface area contributed by atoms with E-state index < -0.39 is 10.0 Å². The molecule has 0 saturated carbocycles. The van der Waals surface area contributed by atoms with Crippen LogP contribution < -0.4 is 5.14 Å². The van der Waals surface area contributed by atoms with Crippen molar-refractivity contribution in [2.75, 3.05) is 13.1 Å². The molecule has 0 spiro atoms. The maximum atomic E-state index is 12.6. The van der Waals surface area contributed by atoms with E-state index in [1.807, 2.05) is 0 Å². The van der Waals surface area contributed by atoms with Gasteiger partial charge in [-0.15, -0.1) is 0 Å². The number of carbonyl (C=O) groups excluding carboxylic acids is 1. The van der Waals surface area contributed by atoms with Gasteiger partial charge in [0.05, 0.1) is 4.90 Å². The van der Waals surface area contributed by atoms with Gasteiger partial charge in [0.2, 0.25) is 10.0 Å². The Hall–Kier alpha value is -1.40. The third-order valence-electron chi connectivity index (χ3n) is 4.25. The number of sulfonamides is 1. The maximum absolute atomic E-state index is 12.6. The van der Waals surface area contributed by atoms with E-state index in [9.17, 15) is 13.2 Å². The number of piperidine rings is 1. The number of primary sulfonamides is 1. The molecule has 1 aliphatic rings. The minimum atomic E-state index is -3.79. The van der Waals surface area contributed by atoms with Gasteiger partial charge in [-0.05, 0) is 43.4 Å². The molecule has 116 valence electrons. The highest BCUT2D eigenvalue weighted by atomic mass is 32.2. The smallest absolute Gasteiger partial charge is 0.254 e. The summed E-state index contributed by atoms with van der Waals surface area (Å²) < 4.78 is 22.9. The summed E-state index contributed by atoms with van der Waals surface area (Å²) in [6.07, 6.45) is 3.16. The number of likely N-dealkylation sites (tertiary alicyclic amines) is 1. The summed E-state index contributed by atoms with van der Waals surface area (Å²) in [5.41, 5.74) is 1.20. The van der Waals surface area contributed by atoms with Gasteiger partial charge in [-0.2, -0.15) is 0 Å². The first kappa shape index (κ1) is 16.0. The molecule has 0 bridgehead atoms. The van der Waals surface area contributed by atoms with Gasteiger partial charge in [0.15, 0.2) is 0 Å². The number of nitrogens with two attached hydrogens (primary N) is 1. The van der Waals surface area contributed by atoms with Crippen LogP contribution in [0, 0.1) is 12.8 Å². The molecule has 0 unspecified atom stereocenters. The van der Waals surface area contributed by atoms with Crippen molar-refractivity contribution < 1.29 is 13.2 Å². The van der Waals surface area contributed by atoms with Gasteiger partial charge in [-0.1, -0.05) is 19.4 Å². The van der Waals surface area contributed by atoms with Crippen molar-refractivity contribution in [3.63, 3.8) is 0 Å². The Morgan fingerprint density at radius 1 is 1.33 bits per heavy atom. The zero-order chi connectivity index (χ0) is 15.6. The molecule has 1 heterocycles. The van der Waals surface area contributed by atoms with E-state index >= 15 is 0 Å². The molecule has 1 saturated heterocycles. The molecular weight excluding hydrogens is 288 g/mol. The summed E-state index contributed by atoms with van der Waals surface area (Å²) in [5.74, 6) is 0.582. The second-order valence-electron chi connectivity index (χ2n) is 5.67. The molecule has 1 fully saturated rings. The Morgan fingerprint density at radius 3 is 2.48 bits per heavy atom. The minimum absolute atomic E-state index is 0.0140. The Kier molecular flexibility index (Phi) is 4.68. The fourth-order valence-corrected chi connectivity index (χ4v) is 3.26. The molecule has 0 radical (unpaired) electrons. The lowest BCUT2D eigenvalue weighted by atomic mass is 9.94. The van der Waals surface area contributed by atoms with Gasteiger partial charge in [-0.3, -0.25) is 4.79 Å². The number of hydrogen-bond acceptors (Lipinski definition) is 3. The van der Waals surface area contributed by atoms with Crippen molar-refractivity contribution in [1.82, 2.24) is 4.90 Å². The summed E-state index contributed by atoms with van der Waals surface area (Å²) >= 11 is 0. The van der Waals surface area contributed by atoms with E-state index in [0.717, 1.165) is 37.9 Å². The molecule has 1 amide bonds. The SMILES string of the molecule is CCC1CCN(C(=O)c2cc(S(N)(=O)=O)ccc2C)CC1. The lowest BCUT2D eigenvalue weighted by Gasteiger charge is -2.32. The minimum Gasteiger partial charge on any atom is -0.339 e. The predicted octanol–water partition coefficient (Wildman–Crippen LogP) is 1.90. The molecule has 21 heavy (non-hydrogen) atoms. The van der Waals surface area contributed by atoms with Gasteiger partial charge >= 0.3 is 0 Å². The van der Waals surface area contributed by atoms with Crippen LogP contribution in [0.3, 0.4) is 0 Å². The number of rotatable bonds is 3. The van der Waals surface area contributed by atoms with E-state index in [1.165, 1.54) is 12.1 Å². The first-order valence-corrected chi connectivity index (χ1v) is 8.80. The Labute approximate surface area is 126 Å². The molecule has 0 atom stereocenters.